The third-order valence-electron chi connectivity index (χ3n) is 2.53. The second-order valence-corrected chi connectivity index (χ2v) is 7.29. The van der Waals surface area contributed by atoms with Crippen LogP contribution in [-0.4, -0.2) is 8.42 Å². The summed E-state index contributed by atoms with van der Waals surface area (Å²) in [6.45, 7) is 0. The highest BCUT2D eigenvalue weighted by molar-refractivity contribution is 9.10. The predicted octanol–water partition coefficient (Wildman–Crippen LogP) is 4.22. The van der Waals surface area contributed by atoms with Crippen molar-refractivity contribution in [3.8, 4) is 0 Å². The topological polar surface area (TPSA) is 34.1 Å². The van der Waals surface area contributed by atoms with Crippen LogP contribution in [0.15, 0.2) is 51.8 Å². The molecule has 0 radical (unpaired) electrons. The molecule has 2 aromatic carbocycles. The molecule has 0 unspecified atom stereocenters. The average molecular weight is 364 g/mol. The Labute approximate surface area is 124 Å². The van der Waals surface area contributed by atoms with Crippen molar-refractivity contribution >= 4 is 37.4 Å². The van der Waals surface area contributed by atoms with E-state index in [9.17, 15) is 12.8 Å². The molecular formula is C13H9BrClFO2S. The van der Waals surface area contributed by atoms with Crippen LogP contribution in [-0.2, 0) is 15.6 Å². The fourth-order valence-corrected chi connectivity index (χ4v) is 3.35. The van der Waals surface area contributed by atoms with Gasteiger partial charge in [0.2, 0.25) is 0 Å². The van der Waals surface area contributed by atoms with Crippen molar-refractivity contribution in [2.45, 2.75) is 10.6 Å². The molecule has 2 rings (SSSR count). The molecule has 0 saturated heterocycles. The van der Waals surface area contributed by atoms with E-state index in [1.807, 2.05) is 0 Å². The maximum atomic E-state index is 13.6. The molecule has 19 heavy (non-hydrogen) atoms. The van der Waals surface area contributed by atoms with Gasteiger partial charge in [-0.3, -0.25) is 0 Å². The van der Waals surface area contributed by atoms with Crippen LogP contribution < -0.4 is 0 Å². The molecule has 2 aromatic rings. The van der Waals surface area contributed by atoms with Crippen molar-refractivity contribution in [2.24, 2.45) is 0 Å². The second kappa shape index (κ2) is 5.61. The Bertz CT molecular complexity index is 699. The lowest BCUT2D eigenvalue weighted by atomic mass is 10.2. The molecular weight excluding hydrogens is 355 g/mol. The molecule has 0 heterocycles. The van der Waals surface area contributed by atoms with Crippen molar-refractivity contribution in [3.63, 3.8) is 0 Å². The van der Waals surface area contributed by atoms with E-state index >= 15 is 0 Å². The fraction of sp³-hybridized carbons (Fsp3) is 0.0769. The monoisotopic (exact) mass is 362 g/mol. The summed E-state index contributed by atoms with van der Waals surface area (Å²) in [7, 11) is -3.57. The smallest absolute Gasteiger partial charge is 0.182 e. The van der Waals surface area contributed by atoms with Crippen molar-refractivity contribution < 1.29 is 12.8 Å². The molecule has 0 saturated carbocycles. The predicted molar refractivity (Wildman–Crippen MR) is 76.4 cm³/mol. The molecule has 0 atom stereocenters. The van der Waals surface area contributed by atoms with E-state index in [1.54, 1.807) is 12.1 Å². The van der Waals surface area contributed by atoms with E-state index in [2.05, 4.69) is 15.9 Å². The van der Waals surface area contributed by atoms with E-state index in [0.29, 0.717) is 0 Å². The number of benzene rings is 2. The third-order valence-corrected chi connectivity index (χ3v) is 4.98. The third kappa shape index (κ3) is 3.55. The Morgan fingerprint density at radius 2 is 1.74 bits per heavy atom. The van der Waals surface area contributed by atoms with Crippen LogP contribution in [0.3, 0.4) is 0 Å². The highest BCUT2D eigenvalue weighted by Gasteiger charge is 2.17. The van der Waals surface area contributed by atoms with Crippen molar-refractivity contribution in [1.82, 2.24) is 0 Å². The summed E-state index contributed by atoms with van der Waals surface area (Å²) in [4.78, 5) is 0.157. The van der Waals surface area contributed by atoms with Crippen LogP contribution in [0.4, 0.5) is 4.39 Å². The van der Waals surface area contributed by atoms with E-state index < -0.39 is 21.4 Å². The number of hydrogen-bond donors (Lipinski definition) is 0. The van der Waals surface area contributed by atoms with Crippen molar-refractivity contribution in [1.29, 1.82) is 0 Å². The van der Waals surface area contributed by atoms with Gasteiger partial charge < -0.3 is 0 Å². The van der Waals surface area contributed by atoms with E-state index in [0.717, 1.165) is 10.5 Å². The van der Waals surface area contributed by atoms with Gasteiger partial charge in [0, 0.05) is 15.1 Å². The first-order valence-corrected chi connectivity index (χ1v) is 8.13. The minimum Gasteiger partial charge on any atom is -0.223 e. The van der Waals surface area contributed by atoms with Gasteiger partial charge in [-0.05, 0) is 36.4 Å². The standard InChI is InChI=1S/C13H9BrClFO2S/c14-10-2-5-12(6-3-10)19(17,18)8-9-1-4-11(15)7-13(9)16/h1-7H,8H2. The van der Waals surface area contributed by atoms with Gasteiger partial charge in [0.05, 0.1) is 10.6 Å². The second-order valence-electron chi connectivity index (χ2n) is 3.95. The van der Waals surface area contributed by atoms with Gasteiger partial charge in [0.15, 0.2) is 9.84 Å². The van der Waals surface area contributed by atoms with Gasteiger partial charge in [-0.2, -0.15) is 0 Å². The molecule has 2 nitrogen and oxygen atoms in total. The van der Waals surface area contributed by atoms with E-state index in [4.69, 9.17) is 11.6 Å². The molecule has 0 aliphatic carbocycles. The summed E-state index contributed by atoms with van der Waals surface area (Å²) >= 11 is 8.86. The van der Waals surface area contributed by atoms with Crippen molar-refractivity contribution in [2.75, 3.05) is 0 Å². The summed E-state index contributed by atoms with van der Waals surface area (Å²) < 4.78 is 38.7. The lowest BCUT2D eigenvalue weighted by molar-refractivity contribution is 0.587. The molecule has 0 aromatic heterocycles. The van der Waals surface area contributed by atoms with Gasteiger partial charge in [-0.1, -0.05) is 33.6 Å². The summed E-state index contributed by atoms with van der Waals surface area (Å²) in [5, 5.41) is 0.238. The Kier molecular flexibility index (Phi) is 4.28. The van der Waals surface area contributed by atoms with Crippen LogP contribution in [0.2, 0.25) is 5.02 Å². The van der Waals surface area contributed by atoms with Crippen LogP contribution >= 0.6 is 27.5 Å². The molecule has 0 fully saturated rings. The number of hydrogen-bond acceptors (Lipinski definition) is 2. The number of halogens is 3. The maximum Gasteiger partial charge on any atom is 0.182 e. The lowest BCUT2D eigenvalue weighted by Crippen LogP contribution is -2.06. The Morgan fingerprint density at radius 3 is 2.32 bits per heavy atom. The highest BCUT2D eigenvalue weighted by Crippen LogP contribution is 2.22. The largest absolute Gasteiger partial charge is 0.223 e. The molecule has 0 bridgehead atoms. The minimum absolute atomic E-state index is 0.104. The summed E-state index contributed by atoms with van der Waals surface area (Å²) in [5.41, 5.74) is 0.104. The molecule has 0 spiro atoms. The first kappa shape index (κ1) is 14.5. The zero-order valence-corrected chi connectivity index (χ0v) is 12.8. The quantitative estimate of drug-likeness (QED) is 0.818. The molecule has 0 aliphatic rings. The minimum atomic E-state index is -3.57. The molecule has 0 aliphatic heterocycles. The zero-order chi connectivity index (χ0) is 14.0. The average Bonchev–Trinajstić information content (AvgIpc) is 2.33. The summed E-state index contributed by atoms with van der Waals surface area (Å²) in [6.07, 6.45) is 0. The van der Waals surface area contributed by atoms with Crippen LogP contribution in [0.25, 0.3) is 0 Å². The molecule has 0 N–H and O–H groups in total. The van der Waals surface area contributed by atoms with Crippen molar-refractivity contribution in [3.05, 3.63) is 63.3 Å². The van der Waals surface area contributed by atoms with Crippen LogP contribution in [0.5, 0.6) is 0 Å². The first-order valence-electron chi connectivity index (χ1n) is 5.31. The first-order chi connectivity index (χ1) is 8.88. The zero-order valence-electron chi connectivity index (χ0n) is 9.61. The van der Waals surface area contributed by atoms with E-state index in [1.165, 1.54) is 24.3 Å². The van der Waals surface area contributed by atoms with Gasteiger partial charge in [0.1, 0.15) is 5.82 Å². The normalized spacial score (nSPS) is 11.5. The highest BCUT2D eigenvalue weighted by atomic mass is 79.9. The lowest BCUT2D eigenvalue weighted by Gasteiger charge is -2.06. The fourth-order valence-electron chi connectivity index (χ4n) is 1.57. The number of rotatable bonds is 3. The molecule has 100 valence electrons. The molecule has 0 amide bonds. The summed E-state index contributed by atoms with van der Waals surface area (Å²) in [6, 6.07) is 10.2. The van der Waals surface area contributed by atoms with Gasteiger partial charge in [-0.15, -0.1) is 0 Å². The Morgan fingerprint density at radius 1 is 1.11 bits per heavy atom. The molecule has 6 heteroatoms. The van der Waals surface area contributed by atoms with Gasteiger partial charge in [0.25, 0.3) is 0 Å². The van der Waals surface area contributed by atoms with E-state index in [-0.39, 0.29) is 15.5 Å². The van der Waals surface area contributed by atoms with Gasteiger partial charge in [-0.25, -0.2) is 12.8 Å². The Hall–Kier alpha value is -0.910. The van der Waals surface area contributed by atoms with Gasteiger partial charge >= 0.3 is 0 Å². The summed E-state index contributed by atoms with van der Waals surface area (Å²) in [5.74, 6) is -1.01. The SMILES string of the molecule is O=S(=O)(Cc1ccc(Cl)cc1F)c1ccc(Br)cc1. The number of sulfone groups is 1. The van der Waals surface area contributed by atoms with Crippen LogP contribution in [0, 0.1) is 5.82 Å². The maximum absolute atomic E-state index is 13.6. The van der Waals surface area contributed by atoms with Crippen LogP contribution in [0.1, 0.15) is 5.56 Å². The Balaban J connectivity index is 2.33.